The van der Waals surface area contributed by atoms with Gasteiger partial charge in [0.1, 0.15) is 4.90 Å². The molecule has 3 N–H and O–H groups in total. The molecule has 0 spiro atoms. The molecule has 0 aromatic heterocycles. The number of hydrogen-bond donors (Lipinski definition) is 2. The van der Waals surface area contributed by atoms with Crippen molar-refractivity contribution in [2.24, 2.45) is 5.14 Å². The Labute approximate surface area is 124 Å². The van der Waals surface area contributed by atoms with E-state index < -0.39 is 20.9 Å². The summed E-state index contributed by atoms with van der Waals surface area (Å²) in [7, 11) is -4.06. The molecule has 0 aliphatic heterocycles. The van der Waals surface area contributed by atoms with Gasteiger partial charge in [-0.05, 0) is 12.1 Å². The van der Waals surface area contributed by atoms with Crippen LogP contribution in [-0.2, 0) is 10.0 Å². The summed E-state index contributed by atoms with van der Waals surface area (Å²) in [6.45, 7) is 0. The predicted octanol–water partition coefficient (Wildman–Crippen LogP) is 0.958. The molecule has 0 bridgehead atoms. The van der Waals surface area contributed by atoms with Crippen molar-refractivity contribution in [3.63, 3.8) is 0 Å². The molecule has 9 heteroatoms. The summed E-state index contributed by atoms with van der Waals surface area (Å²) in [5, 5.41) is 13.1. The van der Waals surface area contributed by atoms with E-state index in [0.717, 1.165) is 12.1 Å². The van der Waals surface area contributed by atoms with Gasteiger partial charge in [0.05, 0.1) is 15.6 Å². The summed E-state index contributed by atoms with van der Waals surface area (Å²) >= 11 is 11.1. The largest absolute Gasteiger partial charge is 0.478 e. The summed E-state index contributed by atoms with van der Waals surface area (Å²) in [4.78, 5) is 10.2. The first-order valence-corrected chi connectivity index (χ1v) is 5.79. The number of nitrogens with two attached hydrogens (primary N) is 1. The van der Waals surface area contributed by atoms with Gasteiger partial charge in [0.2, 0.25) is 10.0 Å². The maximum Gasteiger partial charge on any atom is 0.337 e. The third-order valence-electron chi connectivity index (χ3n) is 1.56. The summed E-state index contributed by atoms with van der Waals surface area (Å²) in [6, 6.07) is 1.84. The second-order valence-corrected chi connectivity index (χ2v) is 4.96. The molecule has 0 saturated carbocycles. The molecule has 0 amide bonds. The molecule has 1 aromatic carbocycles. The molecule has 0 atom stereocenters. The van der Waals surface area contributed by atoms with Gasteiger partial charge in [-0.15, -0.1) is 0 Å². The molecule has 83 valence electrons. The van der Waals surface area contributed by atoms with Crippen LogP contribution in [0.2, 0.25) is 10.0 Å². The minimum absolute atomic E-state index is 0. The molecule has 1 radical (unpaired) electrons. The molecule has 16 heavy (non-hydrogen) atoms. The zero-order valence-electron chi connectivity index (χ0n) is 8.07. The molecule has 0 heterocycles. The zero-order chi connectivity index (χ0) is 11.8. The van der Waals surface area contributed by atoms with E-state index in [-0.39, 0.29) is 45.2 Å². The van der Waals surface area contributed by atoms with Gasteiger partial charge < -0.3 is 5.11 Å². The van der Waals surface area contributed by atoms with Crippen molar-refractivity contribution in [1.29, 1.82) is 0 Å². The van der Waals surface area contributed by atoms with Crippen molar-refractivity contribution in [2.75, 3.05) is 0 Å². The van der Waals surface area contributed by atoms with Gasteiger partial charge in [-0.25, -0.2) is 18.4 Å². The van der Waals surface area contributed by atoms with Gasteiger partial charge >= 0.3 is 5.97 Å². The van der Waals surface area contributed by atoms with E-state index >= 15 is 0 Å². The Bertz CT molecular complexity index is 531. The number of aromatic carboxylic acids is 1. The minimum atomic E-state index is -4.06. The van der Waals surface area contributed by atoms with Crippen LogP contribution in [0.4, 0.5) is 0 Å². The van der Waals surface area contributed by atoms with Crippen LogP contribution in [-0.4, -0.2) is 49.1 Å². The van der Waals surface area contributed by atoms with Crippen molar-refractivity contribution in [3.05, 3.63) is 27.7 Å². The van der Waals surface area contributed by atoms with Crippen LogP contribution in [0.25, 0.3) is 0 Å². The zero-order valence-corrected chi connectivity index (χ0v) is 12.4. The molecule has 0 saturated heterocycles. The number of carboxylic acids is 1. The van der Waals surface area contributed by atoms with Crippen LogP contribution in [0.3, 0.4) is 0 Å². The van der Waals surface area contributed by atoms with Crippen LogP contribution in [0.1, 0.15) is 10.4 Å². The van der Waals surface area contributed by atoms with Crippen molar-refractivity contribution in [2.45, 2.75) is 4.90 Å². The third-order valence-corrected chi connectivity index (χ3v) is 3.25. The number of hydrogen-bond acceptors (Lipinski definition) is 3. The number of rotatable bonds is 2. The van der Waals surface area contributed by atoms with Gasteiger partial charge in [-0.1, -0.05) is 23.2 Å². The average molecular weight is 293 g/mol. The van der Waals surface area contributed by atoms with E-state index in [2.05, 4.69) is 0 Å². The second kappa shape index (κ2) is 5.68. The second-order valence-electron chi connectivity index (χ2n) is 2.61. The van der Waals surface area contributed by atoms with E-state index in [9.17, 15) is 13.2 Å². The Morgan fingerprint density at radius 1 is 1.25 bits per heavy atom. The quantitative estimate of drug-likeness (QED) is 0.793. The third kappa shape index (κ3) is 3.59. The monoisotopic (exact) mass is 292 g/mol. The fourth-order valence-corrected chi connectivity index (χ4v) is 2.31. The number of carboxylic acid groups (broad SMARTS) is 1. The minimum Gasteiger partial charge on any atom is -0.478 e. The molecule has 1 aromatic rings. The first kappa shape index (κ1) is 16.2. The topological polar surface area (TPSA) is 97.5 Å². The molecular formula is C7H5Cl2NNaO4S. The molecule has 0 fully saturated rings. The van der Waals surface area contributed by atoms with E-state index in [1.54, 1.807) is 0 Å². The number of primary sulfonamides is 1. The van der Waals surface area contributed by atoms with Gasteiger partial charge in [0.25, 0.3) is 0 Å². The Morgan fingerprint density at radius 3 is 2.12 bits per heavy atom. The van der Waals surface area contributed by atoms with Gasteiger partial charge in [-0.2, -0.15) is 0 Å². The van der Waals surface area contributed by atoms with Crippen LogP contribution >= 0.6 is 23.2 Å². The van der Waals surface area contributed by atoms with Crippen molar-refractivity contribution in [1.82, 2.24) is 0 Å². The Kier molecular flexibility index (Phi) is 5.74. The number of sulfonamides is 1. The standard InChI is InChI=1S/C7H5Cl2NO4S.Na/c8-4-2-5(9)6(15(10,13)14)1-3(4)7(11)12;/h1-2H,(H,11,12)(H2,10,13,14);. The molecule has 0 aliphatic carbocycles. The van der Waals surface area contributed by atoms with Crippen molar-refractivity contribution < 1.29 is 18.3 Å². The maximum atomic E-state index is 11.0. The van der Waals surface area contributed by atoms with Crippen LogP contribution in [0, 0.1) is 0 Å². The average Bonchev–Trinajstić information content (AvgIpc) is 2.00. The van der Waals surface area contributed by atoms with Crippen molar-refractivity contribution in [3.8, 4) is 0 Å². The van der Waals surface area contributed by atoms with Gasteiger partial charge in [0, 0.05) is 29.6 Å². The van der Waals surface area contributed by atoms with Gasteiger partial charge in [-0.3, -0.25) is 0 Å². The summed E-state index contributed by atoms with van der Waals surface area (Å²) in [5.74, 6) is -1.36. The molecule has 1 rings (SSSR count). The van der Waals surface area contributed by atoms with E-state index in [1.807, 2.05) is 0 Å². The molecule has 5 nitrogen and oxygen atoms in total. The van der Waals surface area contributed by atoms with E-state index in [1.165, 1.54) is 0 Å². The SMILES string of the molecule is NS(=O)(=O)c1cc(C(=O)O)c(Cl)cc1Cl.[Na]. The summed E-state index contributed by atoms with van der Waals surface area (Å²) in [6.07, 6.45) is 0. The smallest absolute Gasteiger partial charge is 0.337 e. The normalized spacial score (nSPS) is 10.7. The Hall–Kier alpha value is 0.180. The van der Waals surface area contributed by atoms with Gasteiger partial charge in [0.15, 0.2) is 0 Å². The van der Waals surface area contributed by atoms with Crippen LogP contribution < -0.4 is 5.14 Å². The molecule has 0 aliphatic rings. The molecule has 0 unspecified atom stereocenters. The predicted molar refractivity (Wildman–Crippen MR) is 60.5 cm³/mol. The maximum absolute atomic E-state index is 11.0. The first-order valence-electron chi connectivity index (χ1n) is 3.48. The number of halogens is 2. The number of benzene rings is 1. The Balaban J connectivity index is 0.00000225. The fourth-order valence-electron chi connectivity index (χ4n) is 0.911. The fraction of sp³-hybridized carbons (Fsp3) is 0. The number of carbonyl (C=O) groups is 1. The first-order chi connectivity index (χ1) is 6.73. The van der Waals surface area contributed by atoms with Crippen LogP contribution in [0.5, 0.6) is 0 Å². The summed E-state index contributed by atoms with van der Waals surface area (Å²) in [5.41, 5.74) is -0.370. The van der Waals surface area contributed by atoms with E-state index in [4.69, 9.17) is 33.4 Å². The van der Waals surface area contributed by atoms with Crippen LogP contribution in [0.15, 0.2) is 17.0 Å². The summed E-state index contributed by atoms with van der Waals surface area (Å²) < 4.78 is 22.0. The molecular weight excluding hydrogens is 288 g/mol. The van der Waals surface area contributed by atoms with Crippen molar-refractivity contribution >= 4 is 68.8 Å². The van der Waals surface area contributed by atoms with E-state index in [0.29, 0.717) is 0 Å². The Morgan fingerprint density at radius 2 is 1.75 bits per heavy atom.